The monoisotopic (exact) mass is 479 g/mol. The Labute approximate surface area is 198 Å². The molecular formula is C24H18FN3O3S2. The molecule has 9 heteroatoms. The van der Waals surface area contributed by atoms with E-state index in [1.807, 2.05) is 48.5 Å². The van der Waals surface area contributed by atoms with Gasteiger partial charge in [0.15, 0.2) is 6.10 Å². The van der Waals surface area contributed by atoms with E-state index < -0.39 is 6.10 Å². The first-order chi connectivity index (χ1) is 16.1. The molecule has 1 aliphatic rings. The summed E-state index contributed by atoms with van der Waals surface area (Å²) in [4.78, 5) is 17.1. The van der Waals surface area contributed by atoms with Gasteiger partial charge in [0.25, 0.3) is 11.1 Å². The number of hydrogen-bond donors (Lipinski definition) is 0. The minimum atomic E-state index is -0.522. The molecule has 2 heterocycles. The quantitative estimate of drug-likeness (QED) is 0.302. The number of thioether (sulfide) groups is 1. The summed E-state index contributed by atoms with van der Waals surface area (Å²) in [6.07, 6.45) is -0.522. The lowest BCUT2D eigenvalue weighted by Gasteiger charge is -2.30. The van der Waals surface area contributed by atoms with Gasteiger partial charge < -0.3 is 9.15 Å². The van der Waals surface area contributed by atoms with Crippen LogP contribution in [0, 0.1) is 5.82 Å². The third kappa shape index (κ3) is 4.60. The number of amides is 1. The first-order valence-corrected chi connectivity index (χ1v) is 12.0. The fourth-order valence-electron chi connectivity index (χ4n) is 3.37. The van der Waals surface area contributed by atoms with Gasteiger partial charge in [0.2, 0.25) is 5.91 Å². The molecule has 0 bridgehead atoms. The number of anilines is 2. The first-order valence-electron chi connectivity index (χ1n) is 10.2. The molecule has 0 fully saturated rings. The fourth-order valence-corrected chi connectivity index (χ4v) is 5.05. The predicted octanol–water partition coefficient (Wildman–Crippen LogP) is 6.27. The van der Waals surface area contributed by atoms with Crippen molar-refractivity contribution in [2.45, 2.75) is 28.0 Å². The van der Waals surface area contributed by atoms with Crippen LogP contribution in [0.15, 0.2) is 92.2 Å². The number of carbonyl (C=O) groups is 1. The number of fused-ring (bicyclic) bond motifs is 2. The van der Waals surface area contributed by atoms with Gasteiger partial charge in [-0.05, 0) is 55.5 Å². The van der Waals surface area contributed by atoms with Crippen molar-refractivity contribution in [1.82, 2.24) is 10.2 Å². The SMILES string of the molecule is C[C@H](Oc1ccc(F)cc1)c1nnc(SCC(=O)N2c3ccccc3Sc3ccccc32)o1. The summed E-state index contributed by atoms with van der Waals surface area (Å²) in [7, 11) is 0. The number of nitrogens with zero attached hydrogens (tertiary/aromatic N) is 3. The highest BCUT2D eigenvalue weighted by Gasteiger charge is 2.28. The van der Waals surface area contributed by atoms with E-state index in [0.29, 0.717) is 5.75 Å². The third-order valence-electron chi connectivity index (χ3n) is 4.90. The maximum Gasteiger partial charge on any atom is 0.277 e. The summed E-state index contributed by atoms with van der Waals surface area (Å²) in [5, 5.41) is 8.34. The van der Waals surface area contributed by atoms with Crippen LogP contribution in [0.25, 0.3) is 0 Å². The lowest BCUT2D eigenvalue weighted by Crippen LogP contribution is -2.29. The van der Waals surface area contributed by atoms with Crippen molar-refractivity contribution in [3.63, 3.8) is 0 Å². The molecule has 33 heavy (non-hydrogen) atoms. The summed E-state index contributed by atoms with van der Waals surface area (Å²) in [6.45, 7) is 1.76. The van der Waals surface area contributed by atoms with Crippen LogP contribution in [0.1, 0.15) is 18.9 Å². The number of para-hydroxylation sites is 2. The molecule has 0 unspecified atom stereocenters. The van der Waals surface area contributed by atoms with E-state index in [-0.39, 0.29) is 28.6 Å². The Morgan fingerprint density at radius 2 is 1.67 bits per heavy atom. The molecule has 0 saturated heterocycles. The standard InChI is InChI=1S/C24H18FN3O3S2/c1-15(30-17-12-10-16(25)11-13-17)23-26-27-24(31-23)32-14-22(29)28-18-6-2-4-8-20(18)33-21-9-5-3-7-19(21)28/h2-13,15H,14H2,1H3/t15-/m0/s1. The van der Waals surface area contributed by atoms with Crippen LogP contribution in [0.5, 0.6) is 5.75 Å². The maximum absolute atomic E-state index is 13.3. The molecule has 1 aromatic heterocycles. The Hall–Kier alpha value is -3.30. The highest BCUT2D eigenvalue weighted by atomic mass is 32.2. The lowest BCUT2D eigenvalue weighted by molar-refractivity contribution is -0.115. The average molecular weight is 480 g/mol. The Balaban J connectivity index is 1.28. The molecule has 0 spiro atoms. The molecular weight excluding hydrogens is 461 g/mol. The van der Waals surface area contributed by atoms with Crippen LogP contribution < -0.4 is 9.64 Å². The summed E-state index contributed by atoms with van der Waals surface area (Å²) >= 11 is 2.82. The van der Waals surface area contributed by atoms with Crippen molar-refractivity contribution >= 4 is 40.8 Å². The highest BCUT2D eigenvalue weighted by molar-refractivity contribution is 8.00. The minimum absolute atomic E-state index is 0.0874. The van der Waals surface area contributed by atoms with Crippen LogP contribution in [0.4, 0.5) is 15.8 Å². The molecule has 1 amide bonds. The van der Waals surface area contributed by atoms with E-state index in [2.05, 4.69) is 10.2 Å². The molecule has 1 aliphatic heterocycles. The first kappa shape index (κ1) is 21.5. The van der Waals surface area contributed by atoms with E-state index in [1.165, 1.54) is 36.0 Å². The van der Waals surface area contributed by atoms with E-state index in [9.17, 15) is 9.18 Å². The number of hydrogen-bond acceptors (Lipinski definition) is 7. The molecule has 4 aromatic rings. The third-order valence-corrected chi connectivity index (χ3v) is 6.83. The van der Waals surface area contributed by atoms with Gasteiger partial charge in [-0.1, -0.05) is 47.8 Å². The zero-order valence-electron chi connectivity index (χ0n) is 17.5. The number of carbonyl (C=O) groups excluding carboxylic acids is 1. The molecule has 0 radical (unpaired) electrons. The van der Waals surface area contributed by atoms with Crippen molar-refractivity contribution in [2.24, 2.45) is 0 Å². The van der Waals surface area contributed by atoms with E-state index >= 15 is 0 Å². The number of rotatable bonds is 6. The molecule has 5 rings (SSSR count). The molecule has 0 aliphatic carbocycles. The second-order valence-corrected chi connectivity index (χ2v) is 9.19. The van der Waals surface area contributed by atoms with Crippen LogP contribution in [-0.2, 0) is 4.79 Å². The van der Waals surface area contributed by atoms with Crippen molar-refractivity contribution < 1.29 is 18.3 Å². The number of benzene rings is 3. The normalized spacial score (nSPS) is 13.2. The van der Waals surface area contributed by atoms with Gasteiger partial charge in [0, 0.05) is 9.79 Å². The topological polar surface area (TPSA) is 68.5 Å². The van der Waals surface area contributed by atoms with Gasteiger partial charge in [0.05, 0.1) is 17.1 Å². The van der Waals surface area contributed by atoms with Gasteiger partial charge in [-0.25, -0.2) is 4.39 Å². The van der Waals surface area contributed by atoms with Gasteiger partial charge >= 0.3 is 0 Å². The Kier molecular flexibility index (Phi) is 6.06. The van der Waals surface area contributed by atoms with E-state index in [4.69, 9.17) is 9.15 Å². The summed E-state index contributed by atoms with van der Waals surface area (Å²) in [5.41, 5.74) is 1.72. The summed E-state index contributed by atoms with van der Waals surface area (Å²) in [5.74, 6) is 0.470. The number of aromatic nitrogens is 2. The molecule has 0 N–H and O–H groups in total. The fraction of sp³-hybridized carbons (Fsp3) is 0.125. The number of halogens is 1. The summed E-state index contributed by atoms with van der Waals surface area (Å²) < 4.78 is 24.5. The van der Waals surface area contributed by atoms with Gasteiger partial charge in [-0.2, -0.15) is 0 Å². The summed E-state index contributed by atoms with van der Waals surface area (Å²) in [6, 6.07) is 21.4. The van der Waals surface area contributed by atoms with Crippen molar-refractivity contribution in [1.29, 1.82) is 0 Å². The smallest absolute Gasteiger partial charge is 0.277 e. The van der Waals surface area contributed by atoms with Crippen LogP contribution >= 0.6 is 23.5 Å². The van der Waals surface area contributed by atoms with E-state index in [1.54, 1.807) is 23.6 Å². The van der Waals surface area contributed by atoms with Crippen LogP contribution in [0.2, 0.25) is 0 Å². The average Bonchev–Trinajstić information content (AvgIpc) is 3.32. The zero-order chi connectivity index (χ0) is 22.8. The van der Waals surface area contributed by atoms with Crippen molar-refractivity contribution in [3.8, 4) is 5.75 Å². The molecule has 0 saturated carbocycles. The maximum atomic E-state index is 13.3. The number of ether oxygens (including phenoxy) is 1. The van der Waals surface area contributed by atoms with Crippen LogP contribution in [0.3, 0.4) is 0 Å². The Bertz CT molecular complexity index is 1250. The molecule has 6 nitrogen and oxygen atoms in total. The minimum Gasteiger partial charge on any atom is -0.481 e. The van der Waals surface area contributed by atoms with Crippen LogP contribution in [-0.4, -0.2) is 21.9 Å². The second-order valence-electron chi connectivity index (χ2n) is 7.18. The zero-order valence-corrected chi connectivity index (χ0v) is 19.1. The van der Waals surface area contributed by atoms with Gasteiger partial charge in [-0.3, -0.25) is 9.69 Å². The Morgan fingerprint density at radius 1 is 1.03 bits per heavy atom. The molecule has 166 valence electrons. The van der Waals surface area contributed by atoms with Gasteiger partial charge in [-0.15, -0.1) is 10.2 Å². The predicted molar refractivity (Wildman–Crippen MR) is 125 cm³/mol. The second kappa shape index (κ2) is 9.29. The largest absolute Gasteiger partial charge is 0.481 e. The van der Waals surface area contributed by atoms with Gasteiger partial charge in [0.1, 0.15) is 11.6 Å². The molecule has 1 atom stereocenters. The Morgan fingerprint density at radius 3 is 2.33 bits per heavy atom. The highest BCUT2D eigenvalue weighted by Crippen LogP contribution is 2.48. The van der Waals surface area contributed by atoms with E-state index in [0.717, 1.165) is 21.2 Å². The molecule has 3 aromatic carbocycles. The lowest BCUT2D eigenvalue weighted by atomic mass is 10.2. The van der Waals surface area contributed by atoms with Crippen molar-refractivity contribution in [2.75, 3.05) is 10.7 Å². The van der Waals surface area contributed by atoms with Crippen molar-refractivity contribution in [3.05, 3.63) is 84.5 Å².